The molecule has 1 aromatic carbocycles. The number of nitrogens with two attached hydrogens (primary N) is 1. The molecule has 4 heteroatoms. The SMILES string of the molecule is COc1ccccc1CCCC(N)C(=O)O. The second kappa shape index (κ2) is 6.12. The third-order valence-electron chi connectivity index (χ3n) is 2.47. The fraction of sp³-hybridized carbons (Fsp3) is 0.417. The molecule has 0 amide bonds. The van der Waals surface area contributed by atoms with Crippen molar-refractivity contribution in [3.05, 3.63) is 29.8 Å². The molecule has 0 bridgehead atoms. The van der Waals surface area contributed by atoms with Gasteiger partial charge in [0.15, 0.2) is 0 Å². The van der Waals surface area contributed by atoms with Gasteiger partial charge in [0.2, 0.25) is 0 Å². The molecule has 88 valence electrons. The first-order chi connectivity index (χ1) is 7.65. The van der Waals surface area contributed by atoms with Crippen molar-refractivity contribution in [3.8, 4) is 5.75 Å². The number of carboxylic acid groups (broad SMARTS) is 1. The van der Waals surface area contributed by atoms with Gasteiger partial charge in [0, 0.05) is 0 Å². The maximum atomic E-state index is 10.5. The zero-order valence-corrected chi connectivity index (χ0v) is 9.35. The van der Waals surface area contributed by atoms with Crippen molar-refractivity contribution >= 4 is 5.97 Å². The van der Waals surface area contributed by atoms with Gasteiger partial charge in [-0.2, -0.15) is 0 Å². The van der Waals surface area contributed by atoms with Gasteiger partial charge in [-0.1, -0.05) is 18.2 Å². The summed E-state index contributed by atoms with van der Waals surface area (Å²) in [7, 11) is 1.63. The van der Waals surface area contributed by atoms with Crippen LogP contribution in [0.25, 0.3) is 0 Å². The van der Waals surface area contributed by atoms with Crippen LogP contribution in [-0.4, -0.2) is 24.2 Å². The van der Waals surface area contributed by atoms with E-state index < -0.39 is 12.0 Å². The van der Waals surface area contributed by atoms with Crippen molar-refractivity contribution in [2.75, 3.05) is 7.11 Å². The lowest BCUT2D eigenvalue weighted by Gasteiger charge is -2.09. The van der Waals surface area contributed by atoms with Crippen LogP contribution in [0.1, 0.15) is 18.4 Å². The number of carboxylic acids is 1. The maximum Gasteiger partial charge on any atom is 0.320 e. The van der Waals surface area contributed by atoms with E-state index in [1.165, 1.54) is 0 Å². The Kier molecular flexibility index (Phi) is 4.79. The van der Waals surface area contributed by atoms with Gasteiger partial charge in [0.25, 0.3) is 0 Å². The van der Waals surface area contributed by atoms with E-state index in [0.29, 0.717) is 6.42 Å². The van der Waals surface area contributed by atoms with Crippen LogP contribution in [-0.2, 0) is 11.2 Å². The highest BCUT2D eigenvalue weighted by Gasteiger charge is 2.11. The van der Waals surface area contributed by atoms with E-state index in [-0.39, 0.29) is 0 Å². The number of ether oxygens (including phenoxy) is 1. The standard InChI is InChI=1S/C12H17NO3/c1-16-11-8-3-2-5-9(11)6-4-7-10(13)12(14)15/h2-3,5,8,10H,4,6-7,13H2,1H3,(H,14,15). The molecule has 0 saturated heterocycles. The summed E-state index contributed by atoms with van der Waals surface area (Å²) in [6, 6.07) is 6.95. The van der Waals surface area contributed by atoms with Crippen molar-refractivity contribution in [2.45, 2.75) is 25.3 Å². The van der Waals surface area contributed by atoms with Gasteiger partial charge >= 0.3 is 5.97 Å². The molecule has 0 aliphatic carbocycles. The summed E-state index contributed by atoms with van der Waals surface area (Å²) >= 11 is 0. The summed E-state index contributed by atoms with van der Waals surface area (Å²) in [4.78, 5) is 10.5. The summed E-state index contributed by atoms with van der Waals surface area (Å²) in [6.45, 7) is 0. The third kappa shape index (κ3) is 3.55. The highest BCUT2D eigenvalue weighted by Crippen LogP contribution is 2.19. The molecule has 0 aliphatic rings. The van der Waals surface area contributed by atoms with Crippen molar-refractivity contribution in [1.82, 2.24) is 0 Å². The molecule has 1 atom stereocenters. The van der Waals surface area contributed by atoms with Crippen LogP contribution in [0.5, 0.6) is 5.75 Å². The van der Waals surface area contributed by atoms with Crippen LogP contribution in [0.15, 0.2) is 24.3 Å². The monoisotopic (exact) mass is 223 g/mol. The van der Waals surface area contributed by atoms with Crippen LogP contribution in [0, 0.1) is 0 Å². The Morgan fingerprint density at radius 3 is 2.81 bits per heavy atom. The average Bonchev–Trinajstić information content (AvgIpc) is 2.29. The van der Waals surface area contributed by atoms with Gasteiger partial charge in [-0.05, 0) is 30.9 Å². The summed E-state index contributed by atoms with van der Waals surface area (Å²) in [5.41, 5.74) is 6.51. The van der Waals surface area contributed by atoms with E-state index >= 15 is 0 Å². The lowest BCUT2D eigenvalue weighted by Crippen LogP contribution is -2.29. The van der Waals surface area contributed by atoms with Gasteiger partial charge in [-0.25, -0.2) is 0 Å². The topological polar surface area (TPSA) is 72.5 Å². The second-order valence-corrected chi connectivity index (χ2v) is 3.65. The first-order valence-electron chi connectivity index (χ1n) is 5.25. The largest absolute Gasteiger partial charge is 0.496 e. The Morgan fingerprint density at radius 1 is 1.50 bits per heavy atom. The van der Waals surface area contributed by atoms with E-state index in [4.69, 9.17) is 15.6 Å². The molecule has 0 radical (unpaired) electrons. The minimum atomic E-state index is -0.944. The molecular weight excluding hydrogens is 206 g/mol. The zero-order valence-electron chi connectivity index (χ0n) is 9.35. The number of carbonyl (C=O) groups is 1. The zero-order chi connectivity index (χ0) is 12.0. The fourth-order valence-corrected chi connectivity index (χ4v) is 1.55. The van der Waals surface area contributed by atoms with Crippen molar-refractivity contribution in [1.29, 1.82) is 0 Å². The average molecular weight is 223 g/mol. The highest BCUT2D eigenvalue weighted by molar-refractivity contribution is 5.72. The molecule has 1 rings (SSSR count). The Hall–Kier alpha value is -1.55. The lowest BCUT2D eigenvalue weighted by molar-refractivity contribution is -0.138. The Bertz CT molecular complexity index is 352. The molecule has 4 nitrogen and oxygen atoms in total. The van der Waals surface area contributed by atoms with Gasteiger partial charge < -0.3 is 15.6 Å². The Balaban J connectivity index is 2.45. The van der Waals surface area contributed by atoms with Crippen molar-refractivity contribution in [3.63, 3.8) is 0 Å². The van der Waals surface area contributed by atoms with E-state index in [1.54, 1.807) is 7.11 Å². The molecule has 0 spiro atoms. The summed E-state index contributed by atoms with van der Waals surface area (Å²) in [5.74, 6) is -0.105. The minimum Gasteiger partial charge on any atom is -0.496 e. The number of para-hydroxylation sites is 1. The number of hydrogen-bond acceptors (Lipinski definition) is 3. The predicted octanol–water partition coefficient (Wildman–Crippen LogP) is 1.43. The molecule has 1 unspecified atom stereocenters. The quantitative estimate of drug-likeness (QED) is 0.765. The maximum absolute atomic E-state index is 10.5. The second-order valence-electron chi connectivity index (χ2n) is 3.65. The first-order valence-corrected chi connectivity index (χ1v) is 5.25. The fourth-order valence-electron chi connectivity index (χ4n) is 1.55. The van der Waals surface area contributed by atoms with E-state index in [0.717, 1.165) is 24.2 Å². The van der Waals surface area contributed by atoms with E-state index in [9.17, 15) is 4.79 Å². The lowest BCUT2D eigenvalue weighted by atomic mass is 10.0. The van der Waals surface area contributed by atoms with Crippen molar-refractivity contribution in [2.24, 2.45) is 5.73 Å². The molecule has 0 heterocycles. The summed E-state index contributed by atoms with van der Waals surface area (Å²) in [6.07, 6.45) is 2.01. The number of hydrogen-bond donors (Lipinski definition) is 2. The highest BCUT2D eigenvalue weighted by atomic mass is 16.5. The molecule has 3 N–H and O–H groups in total. The van der Waals surface area contributed by atoms with Crippen LogP contribution in [0.4, 0.5) is 0 Å². The molecule has 16 heavy (non-hydrogen) atoms. The minimum absolute atomic E-state index is 0.480. The smallest absolute Gasteiger partial charge is 0.320 e. The molecule has 0 aliphatic heterocycles. The van der Waals surface area contributed by atoms with Gasteiger partial charge in [-0.15, -0.1) is 0 Å². The predicted molar refractivity (Wildman–Crippen MR) is 61.5 cm³/mol. The Morgan fingerprint density at radius 2 is 2.19 bits per heavy atom. The molecular formula is C12H17NO3. The van der Waals surface area contributed by atoms with Gasteiger partial charge in [0.1, 0.15) is 11.8 Å². The van der Waals surface area contributed by atoms with E-state index in [1.807, 2.05) is 24.3 Å². The number of aliphatic carboxylic acids is 1. The van der Waals surface area contributed by atoms with Crippen LogP contribution >= 0.6 is 0 Å². The molecule has 0 aromatic heterocycles. The normalized spacial score (nSPS) is 12.1. The van der Waals surface area contributed by atoms with E-state index in [2.05, 4.69) is 0 Å². The molecule has 0 saturated carbocycles. The summed E-state index contributed by atoms with van der Waals surface area (Å²) in [5, 5.41) is 8.63. The third-order valence-corrected chi connectivity index (χ3v) is 2.47. The van der Waals surface area contributed by atoms with Gasteiger partial charge in [0.05, 0.1) is 7.11 Å². The Labute approximate surface area is 95.0 Å². The number of rotatable bonds is 6. The molecule has 1 aromatic rings. The van der Waals surface area contributed by atoms with Crippen LogP contribution in [0.3, 0.4) is 0 Å². The number of methoxy groups -OCH3 is 1. The summed E-state index contributed by atoms with van der Waals surface area (Å²) < 4.78 is 5.20. The van der Waals surface area contributed by atoms with Crippen molar-refractivity contribution < 1.29 is 14.6 Å². The number of aryl methyl sites for hydroxylation is 1. The molecule has 0 fully saturated rings. The van der Waals surface area contributed by atoms with Crippen LogP contribution < -0.4 is 10.5 Å². The van der Waals surface area contributed by atoms with Gasteiger partial charge in [-0.3, -0.25) is 4.79 Å². The van der Waals surface area contributed by atoms with Crippen LogP contribution in [0.2, 0.25) is 0 Å². The number of benzene rings is 1. The first kappa shape index (κ1) is 12.5.